The van der Waals surface area contributed by atoms with E-state index in [1.54, 1.807) is 33.3 Å². The predicted molar refractivity (Wildman–Crippen MR) is 103 cm³/mol. The summed E-state index contributed by atoms with van der Waals surface area (Å²) in [4.78, 5) is 29.8. The van der Waals surface area contributed by atoms with Crippen LogP contribution < -0.4 is 4.90 Å². The van der Waals surface area contributed by atoms with Gasteiger partial charge in [0.2, 0.25) is 5.91 Å². The largest absolute Gasteiger partial charge is 0.456 e. The van der Waals surface area contributed by atoms with Gasteiger partial charge in [0.25, 0.3) is 0 Å². The van der Waals surface area contributed by atoms with Crippen molar-refractivity contribution in [2.45, 2.75) is 27.4 Å². The van der Waals surface area contributed by atoms with E-state index >= 15 is 0 Å². The van der Waals surface area contributed by atoms with Gasteiger partial charge < -0.3 is 4.74 Å². The van der Waals surface area contributed by atoms with Gasteiger partial charge in [-0.3, -0.25) is 9.69 Å². The molecule has 1 aromatic carbocycles. The summed E-state index contributed by atoms with van der Waals surface area (Å²) in [6.07, 6.45) is 1.73. The SMILES string of the molecule is CCN(C(C)=O)c1nc(COC(=O)c2ccc(-n3nccc3C)cc2)cs1. The Morgan fingerprint density at radius 1 is 1.22 bits per heavy atom. The van der Waals surface area contributed by atoms with Crippen molar-refractivity contribution < 1.29 is 14.3 Å². The first kappa shape index (κ1) is 18.8. The van der Waals surface area contributed by atoms with Crippen LogP contribution in [0.2, 0.25) is 0 Å². The van der Waals surface area contributed by atoms with Crippen LogP contribution in [0.4, 0.5) is 5.13 Å². The van der Waals surface area contributed by atoms with Gasteiger partial charge in [0, 0.05) is 30.7 Å². The molecule has 0 bridgehead atoms. The van der Waals surface area contributed by atoms with Crippen molar-refractivity contribution >= 4 is 28.3 Å². The van der Waals surface area contributed by atoms with E-state index in [-0.39, 0.29) is 12.5 Å². The lowest BCUT2D eigenvalue weighted by atomic mass is 10.2. The predicted octanol–water partition coefficient (Wildman–Crippen LogP) is 3.37. The Balaban J connectivity index is 1.62. The van der Waals surface area contributed by atoms with E-state index in [0.29, 0.717) is 22.9 Å². The van der Waals surface area contributed by atoms with Crippen molar-refractivity contribution in [1.82, 2.24) is 14.8 Å². The quantitative estimate of drug-likeness (QED) is 0.609. The number of rotatable bonds is 6. The fraction of sp³-hybridized carbons (Fsp3) is 0.263. The number of anilines is 1. The molecule has 1 amide bonds. The third kappa shape index (κ3) is 4.22. The number of hydrogen-bond acceptors (Lipinski definition) is 6. The third-order valence-electron chi connectivity index (χ3n) is 4.00. The molecule has 2 aromatic heterocycles. The number of carbonyl (C=O) groups is 2. The number of benzene rings is 1. The number of thiazole rings is 1. The van der Waals surface area contributed by atoms with Gasteiger partial charge in [-0.15, -0.1) is 11.3 Å². The zero-order valence-corrected chi connectivity index (χ0v) is 16.2. The molecule has 0 unspecified atom stereocenters. The average Bonchev–Trinajstić information content (AvgIpc) is 3.29. The first-order valence-electron chi connectivity index (χ1n) is 8.50. The molecule has 0 spiro atoms. The van der Waals surface area contributed by atoms with Crippen molar-refractivity contribution in [1.29, 1.82) is 0 Å². The molecule has 0 saturated heterocycles. The van der Waals surface area contributed by atoms with Gasteiger partial charge in [0.05, 0.1) is 16.9 Å². The molecular formula is C19H20N4O3S. The number of amides is 1. The fourth-order valence-corrected chi connectivity index (χ4v) is 3.50. The topological polar surface area (TPSA) is 77.3 Å². The molecular weight excluding hydrogens is 364 g/mol. The van der Waals surface area contributed by atoms with Crippen LogP contribution in [0, 0.1) is 6.92 Å². The van der Waals surface area contributed by atoms with Crippen LogP contribution in [0.15, 0.2) is 41.9 Å². The van der Waals surface area contributed by atoms with E-state index in [1.807, 2.05) is 32.0 Å². The van der Waals surface area contributed by atoms with E-state index in [4.69, 9.17) is 4.74 Å². The van der Waals surface area contributed by atoms with Crippen molar-refractivity contribution in [3.05, 3.63) is 58.9 Å². The van der Waals surface area contributed by atoms with E-state index in [2.05, 4.69) is 10.1 Å². The molecule has 0 aliphatic heterocycles. The van der Waals surface area contributed by atoms with Crippen molar-refractivity contribution in [2.75, 3.05) is 11.4 Å². The van der Waals surface area contributed by atoms with E-state index in [9.17, 15) is 9.59 Å². The van der Waals surface area contributed by atoms with Crippen LogP contribution in [0.3, 0.4) is 0 Å². The lowest BCUT2D eigenvalue weighted by Gasteiger charge is -2.14. The van der Waals surface area contributed by atoms with Crippen molar-refractivity contribution in [3.63, 3.8) is 0 Å². The van der Waals surface area contributed by atoms with Crippen LogP contribution in [-0.4, -0.2) is 33.2 Å². The smallest absolute Gasteiger partial charge is 0.338 e. The molecule has 3 rings (SSSR count). The van der Waals surface area contributed by atoms with Gasteiger partial charge in [-0.05, 0) is 44.2 Å². The number of carbonyl (C=O) groups excluding carboxylic acids is 2. The highest BCUT2D eigenvalue weighted by atomic mass is 32.1. The standard InChI is InChI=1S/C19H20N4O3S/c1-4-22(14(3)24)19-21-16(12-27-19)11-26-18(25)15-5-7-17(8-6-15)23-13(2)9-10-20-23/h5-10,12H,4,11H2,1-3H3. The zero-order valence-electron chi connectivity index (χ0n) is 15.4. The second-order valence-electron chi connectivity index (χ2n) is 5.89. The highest BCUT2D eigenvalue weighted by Crippen LogP contribution is 2.21. The molecule has 3 aromatic rings. The second-order valence-corrected chi connectivity index (χ2v) is 6.73. The summed E-state index contributed by atoms with van der Waals surface area (Å²) in [7, 11) is 0. The molecule has 0 radical (unpaired) electrons. The second kappa shape index (κ2) is 8.13. The van der Waals surface area contributed by atoms with Crippen molar-refractivity contribution in [3.8, 4) is 5.69 Å². The van der Waals surface area contributed by atoms with Gasteiger partial charge in [-0.1, -0.05) is 0 Å². The summed E-state index contributed by atoms with van der Waals surface area (Å²) >= 11 is 1.35. The van der Waals surface area contributed by atoms with Gasteiger partial charge in [0.15, 0.2) is 5.13 Å². The third-order valence-corrected chi connectivity index (χ3v) is 4.91. The molecule has 0 saturated carbocycles. The van der Waals surface area contributed by atoms with Gasteiger partial charge in [0.1, 0.15) is 6.61 Å². The van der Waals surface area contributed by atoms with Crippen LogP contribution in [0.25, 0.3) is 5.69 Å². The van der Waals surface area contributed by atoms with Gasteiger partial charge >= 0.3 is 5.97 Å². The highest BCUT2D eigenvalue weighted by molar-refractivity contribution is 7.14. The molecule has 0 atom stereocenters. The molecule has 7 nitrogen and oxygen atoms in total. The number of aryl methyl sites for hydroxylation is 1. The molecule has 0 fully saturated rings. The summed E-state index contributed by atoms with van der Waals surface area (Å²) in [6, 6.07) is 8.97. The minimum atomic E-state index is -0.424. The monoisotopic (exact) mass is 384 g/mol. The number of hydrogen-bond donors (Lipinski definition) is 0. The lowest BCUT2D eigenvalue weighted by molar-refractivity contribution is -0.116. The van der Waals surface area contributed by atoms with Gasteiger partial charge in [-0.2, -0.15) is 5.10 Å². The number of ether oxygens (including phenoxy) is 1. The van der Waals surface area contributed by atoms with Crippen LogP contribution in [-0.2, 0) is 16.1 Å². The Kier molecular flexibility index (Phi) is 5.66. The van der Waals surface area contributed by atoms with Gasteiger partial charge in [-0.25, -0.2) is 14.5 Å². The highest BCUT2D eigenvalue weighted by Gasteiger charge is 2.15. The maximum atomic E-state index is 12.3. The lowest BCUT2D eigenvalue weighted by Crippen LogP contribution is -2.27. The first-order valence-corrected chi connectivity index (χ1v) is 9.38. The van der Waals surface area contributed by atoms with Crippen molar-refractivity contribution in [2.24, 2.45) is 0 Å². The maximum Gasteiger partial charge on any atom is 0.338 e. The van der Waals surface area contributed by atoms with Crippen LogP contribution >= 0.6 is 11.3 Å². The molecule has 27 heavy (non-hydrogen) atoms. The number of aromatic nitrogens is 3. The van der Waals surface area contributed by atoms with E-state index in [1.165, 1.54) is 18.3 Å². The molecule has 2 heterocycles. The Hall–Kier alpha value is -3.00. The average molecular weight is 384 g/mol. The van der Waals surface area contributed by atoms with E-state index in [0.717, 1.165) is 11.4 Å². The maximum absolute atomic E-state index is 12.3. The first-order chi connectivity index (χ1) is 13.0. The molecule has 0 N–H and O–H groups in total. The van der Waals surface area contributed by atoms with E-state index < -0.39 is 5.97 Å². The summed E-state index contributed by atoms with van der Waals surface area (Å²) in [5.41, 5.74) is 2.96. The Bertz CT molecular complexity index is 946. The summed E-state index contributed by atoms with van der Waals surface area (Å²) in [5.74, 6) is -0.491. The minimum Gasteiger partial charge on any atom is -0.456 e. The molecule has 0 aliphatic carbocycles. The normalized spacial score (nSPS) is 10.6. The molecule has 0 aliphatic rings. The molecule has 8 heteroatoms. The Morgan fingerprint density at radius 2 is 1.96 bits per heavy atom. The van der Waals surface area contributed by atoms with Crippen LogP contribution in [0.5, 0.6) is 0 Å². The zero-order chi connectivity index (χ0) is 19.4. The number of nitrogens with zero attached hydrogens (tertiary/aromatic N) is 4. The fourth-order valence-electron chi connectivity index (χ4n) is 2.58. The summed E-state index contributed by atoms with van der Waals surface area (Å²) in [6.45, 7) is 5.95. The minimum absolute atomic E-state index is 0.0603. The summed E-state index contributed by atoms with van der Waals surface area (Å²) in [5, 5.41) is 6.63. The number of esters is 1. The molecule has 140 valence electrons. The summed E-state index contributed by atoms with van der Waals surface area (Å²) < 4.78 is 7.13. The Labute approximate surface area is 161 Å². The Morgan fingerprint density at radius 3 is 2.56 bits per heavy atom. The van der Waals surface area contributed by atoms with Crippen LogP contribution in [0.1, 0.15) is 35.6 Å².